The third-order valence-corrected chi connectivity index (χ3v) is 1.43. The van der Waals surface area contributed by atoms with Gasteiger partial charge < -0.3 is 4.57 Å². The van der Waals surface area contributed by atoms with Crippen molar-refractivity contribution < 1.29 is 18.0 Å². The molecule has 0 amide bonds. The Hall–Kier alpha value is -1.26. The maximum Gasteiger partial charge on any atom is 0.334 e. The highest BCUT2D eigenvalue weighted by atomic mass is 19.3. The van der Waals surface area contributed by atoms with Gasteiger partial charge in [0, 0.05) is 25.0 Å². The number of carbonyl (C=O) groups is 1. The van der Waals surface area contributed by atoms with Gasteiger partial charge >= 0.3 is 6.04 Å². The van der Waals surface area contributed by atoms with Gasteiger partial charge in [-0.3, -0.25) is 4.79 Å². The van der Waals surface area contributed by atoms with Crippen LogP contribution < -0.4 is 0 Å². The van der Waals surface area contributed by atoms with Gasteiger partial charge in [0.2, 0.25) is 0 Å². The van der Waals surface area contributed by atoms with Crippen LogP contribution in [0.15, 0.2) is 12.4 Å². The molecule has 12 heavy (non-hydrogen) atoms. The number of halogens is 3. The topological polar surface area (TPSA) is 22.0 Å². The van der Waals surface area contributed by atoms with Crippen molar-refractivity contribution in [2.45, 2.75) is 6.43 Å². The Bertz CT molecular complexity index is 306. The molecule has 1 aromatic heterocycles. The van der Waals surface area contributed by atoms with E-state index >= 15 is 0 Å². The van der Waals surface area contributed by atoms with Gasteiger partial charge in [-0.05, 0) is 0 Å². The Balaban J connectivity index is 3.17. The minimum atomic E-state index is -2.82. The molecule has 0 aliphatic carbocycles. The fourth-order valence-corrected chi connectivity index (χ4v) is 0.942. The molecular formula is C7H6F3NO. The zero-order chi connectivity index (χ0) is 9.30. The van der Waals surface area contributed by atoms with Crippen LogP contribution in [0.1, 0.15) is 22.3 Å². The van der Waals surface area contributed by atoms with Gasteiger partial charge in [-0.15, -0.1) is 0 Å². The first-order chi connectivity index (χ1) is 5.52. The molecule has 0 spiro atoms. The third kappa shape index (κ3) is 1.49. The number of aromatic nitrogens is 1. The van der Waals surface area contributed by atoms with Crippen LogP contribution in [0.2, 0.25) is 0 Å². The average molecular weight is 177 g/mol. The van der Waals surface area contributed by atoms with Crippen molar-refractivity contribution in [1.29, 1.82) is 0 Å². The molecule has 66 valence electrons. The van der Waals surface area contributed by atoms with Crippen LogP contribution in [0.3, 0.4) is 0 Å². The molecular weight excluding hydrogens is 171 g/mol. The highest BCUT2D eigenvalue weighted by molar-refractivity contribution is 5.90. The van der Waals surface area contributed by atoms with Crippen LogP contribution in [0, 0.1) is 0 Å². The van der Waals surface area contributed by atoms with Gasteiger partial charge in [0.1, 0.15) is 0 Å². The largest absolute Gasteiger partial charge is 0.356 e. The van der Waals surface area contributed by atoms with E-state index in [0.717, 1.165) is 12.4 Å². The van der Waals surface area contributed by atoms with E-state index in [0.29, 0.717) is 0 Å². The van der Waals surface area contributed by atoms with Crippen LogP contribution >= 0.6 is 0 Å². The lowest BCUT2D eigenvalue weighted by atomic mass is 10.2. The number of hydrogen-bond acceptors (Lipinski definition) is 1. The monoisotopic (exact) mass is 177 g/mol. The molecule has 0 aliphatic rings. The van der Waals surface area contributed by atoms with Crippen LogP contribution in [-0.4, -0.2) is 10.6 Å². The summed E-state index contributed by atoms with van der Waals surface area (Å²) in [5.41, 5.74) is -1.13. The molecule has 2 nitrogen and oxygen atoms in total. The van der Waals surface area contributed by atoms with Crippen LogP contribution in [0.4, 0.5) is 13.2 Å². The minimum Gasteiger partial charge on any atom is -0.356 e. The van der Waals surface area contributed by atoms with Gasteiger partial charge in [0.05, 0.1) is 5.56 Å². The van der Waals surface area contributed by atoms with Crippen molar-refractivity contribution in [2.24, 2.45) is 7.05 Å². The number of nitrogens with zero attached hydrogens (tertiary/aromatic N) is 1. The first-order valence-electron chi connectivity index (χ1n) is 3.16. The molecule has 1 heterocycles. The smallest absolute Gasteiger partial charge is 0.334 e. The zero-order valence-electron chi connectivity index (χ0n) is 6.22. The molecule has 0 fully saturated rings. The molecule has 1 aromatic rings. The van der Waals surface area contributed by atoms with E-state index in [4.69, 9.17) is 0 Å². The molecule has 5 heteroatoms. The molecule has 0 radical (unpaired) electrons. The summed E-state index contributed by atoms with van der Waals surface area (Å²) in [6.45, 7) is 0. The van der Waals surface area contributed by atoms with Crippen molar-refractivity contribution in [1.82, 2.24) is 4.57 Å². The van der Waals surface area contributed by atoms with Crippen LogP contribution in [-0.2, 0) is 7.05 Å². The first-order valence-corrected chi connectivity index (χ1v) is 3.16. The van der Waals surface area contributed by atoms with Gasteiger partial charge in [0.15, 0.2) is 0 Å². The van der Waals surface area contributed by atoms with E-state index in [1.807, 2.05) is 0 Å². The zero-order valence-corrected chi connectivity index (χ0v) is 6.22. The van der Waals surface area contributed by atoms with E-state index < -0.39 is 23.6 Å². The lowest BCUT2D eigenvalue weighted by molar-refractivity contribution is 0.0824. The Morgan fingerprint density at radius 1 is 1.50 bits per heavy atom. The van der Waals surface area contributed by atoms with Gasteiger partial charge in [-0.2, -0.15) is 4.39 Å². The minimum absolute atomic E-state index is 0.563. The molecule has 0 aliphatic heterocycles. The summed E-state index contributed by atoms with van der Waals surface area (Å²) in [4.78, 5) is 10.2. The summed E-state index contributed by atoms with van der Waals surface area (Å²) in [5, 5.41) is 0. The van der Waals surface area contributed by atoms with Crippen molar-refractivity contribution in [3.63, 3.8) is 0 Å². The normalized spacial score (nSPS) is 10.8. The predicted octanol–water partition coefficient (Wildman–Crippen LogP) is 2.07. The van der Waals surface area contributed by atoms with E-state index in [-0.39, 0.29) is 0 Å². The van der Waals surface area contributed by atoms with Crippen molar-refractivity contribution in [2.75, 3.05) is 0 Å². The predicted molar refractivity (Wildman–Crippen MR) is 35.8 cm³/mol. The van der Waals surface area contributed by atoms with Crippen LogP contribution in [0.5, 0.6) is 0 Å². The lowest BCUT2D eigenvalue weighted by Crippen LogP contribution is -1.93. The number of hydrogen-bond donors (Lipinski definition) is 0. The Kier molecular flexibility index (Phi) is 2.21. The Morgan fingerprint density at radius 2 is 2.08 bits per heavy atom. The maximum atomic E-state index is 12.1. The molecule has 0 saturated heterocycles. The fraction of sp³-hybridized carbons (Fsp3) is 0.286. The molecule has 0 unspecified atom stereocenters. The quantitative estimate of drug-likeness (QED) is 0.634. The highest BCUT2D eigenvalue weighted by Crippen LogP contribution is 2.23. The van der Waals surface area contributed by atoms with Crippen molar-refractivity contribution >= 4 is 6.04 Å². The second-order valence-electron chi connectivity index (χ2n) is 2.37. The standard InChI is InChI=1S/C7H6F3NO/c1-11-2-4(6(8)9)5(3-11)7(10)12/h2-3,6H,1H3. The van der Waals surface area contributed by atoms with Crippen LogP contribution in [0.25, 0.3) is 0 Å². The van der Waals surface area contributed by atoms with E-state index in [1.165, 1.54) is 11.6 Å². The molecule has 0 N–H and O–H groups in total. The van der Waals surface area contributed by atoms with E-state index in [9.17, 15) is 18.0 Å². The summed E-state index contributed by atoms with van der Waals surface area (Å²) in [6.07, 6.45) is -0.762. The molecule has 0 bridgehead atoms. The SMILES string of the molecule is Cn1cc(C(=O)F)c(C(F)F)c1. The number of rotatable bonds is 2. The molecule has 0 saturated carbocycles. The van der Waals surface area contributed by atoms with Gasteiger partial charge in [-0.1, -0.05) is 0 Å². The molecule has 1 rings (SSSR count). The van der Waals surface area contributed by atoms with Crippen molar-refractivity contribution in [3.05, 3.63) is 23.5 Å². The molecule has 0 aromatic carbocycles. The lowest BCUT2D eigenvalue weighted by Gasteiger charge is -1.94. The second kappa shape index (κ2) is 3.00. The van der Waals surface area contributed by atoms with E-state index in [1.54, 1.807) is 0 Å². The third-order valence-electron chi connectivity index (χ3n) is 1.43. The maximum absolute atomic E-state index is 12.1. The summed E-state index contributed by atoms with van der Waals surface area (Å²) in [7, 11) is 1.44. The summed E-state index contributed by atoms with van der Waals surface area (Å²) in [5.74, 6) is 0. The summed E-state index contributed by atoms with van der Waals surface area (Å²) < 4.78 is 37.4. The second-order valence-corrected chi connectivity index (χ2v) is 2.37. The number of aryl methyl sites for hydroxylation is 1. The first kappa shape index (κ1) is 8.83. The Morgan fingerprint density at radius 3 is 2.42 bits per heavy atom. The van der Waals surface area contributed by atoms with Gasteiger partial charge in [0.25, 0.3) is 6.43 Å². The van der Waals surface area contributed by atoms with Crippen molar-refractivity contribution in [3.8, 4) is 0 Å². The van der Waals surface area contributed by atoms with E-state index in [2.05, 4.69) is 0 Å². The highest BCUT2D eigenvalue weighted by Gasteiger charge is 2.19. The number of carbonyl (C=O) groups excluding carboxylic acids is 1. The molecule has 0 atom stereocenters. The van der Waals surface area contributed by atoms with Gasteiger partial charge in [-0.25, -0.2) is 8.78 Å². The summed E-state index contributed by atoms with van der Waals surface area (Å²) in [6, 6.07) is -1.83. The summed E-state index contributed by atoms with van der Waals surface area (Å²) >= 11 is 0. The average Bonchev–Trinajstić information content (AvgIpc) is 2.31. The Labute approximate surface area is 66.6 Å². The fourth-order valence-electron chi connectivity index (χ4n) is 0.942. The number of alkyl halides is 2.